The number of hydrazine groups is 1. The summed E-state index contributed by atoms with van der Waals surface area (Å²) in [5.74, 6) is 5.03. The third-order valence-corrected chi connectivity index (χ3v) is 3.01. The second-order valence-electron chi connectivity index (χ2n) is 5.89. The van der Waals surface area contributed by atoms with Crippen LogP contribution in [0.25, 0.3) is 0 Å². The minimum absolute atomic E-state index is 0.0890. The van der Waals surface area contributed by atoms with E-state index in [1.807, 2.05) is 0 Å². The van der Waals surface area contributed by atoms with Gasteiger partial charge in [-0.2, -0.15) is 4.99 Å². The lowest BCUT2D eigenvalue weighted by Crippen LogP contribution is -2.38. The van der Waals surface area contributed by atoms with Gasteiger partial charge < -0.3 is 4.74 Å². The molecule has 0 aromatic rings. The van der Waals surface area contributed by atoms with Crippen LogP contribution in [0.15, 0.2) is 4.99 Å². The molecule has 6 nitrogen and oxygen atoms in total. The first kappa shape index (κ1) is 15.6. The largest absolute Gasteiger partial charge is 0.442 e. The Morgan fingerprint density at radius 1 is 1.37 bits per heavy atom. The molecule has 6 heteroatoms. The summed E-state index contributed by atoms with van der Waals surface area (Å²) >= 11 is 0. The Morgan fingerprint density at radius 3 is 2.63 bits per heavy atom. The highest BCUT2D eigenvalue weighted by Gasteiger charge is 2.26. The molecule has 1 aliphatic rings. The first-order valence-corrected chi connectivity index (χ1v) is 6.59. The maximum atomic E-state index is 11.5. The summed E-state index contributed by atoms with van der Waals surface area (Å²) in [7, 11) is 0. The number of amides is 2. The zero-order valence-electron chi connectivity index (χ0n) is 11.8. The van der Waals surface area contributed by atoms with E-state index in [-0.39, 0.29) is 17.7 Å². The molecule has 2 atom stereocenters. The zero-order chi connectivity index (χ0) is 14.5. The van der Waals surface area contributed by atoms with Gasteiger partial charge in [0.2, 0.25) is 5.91 Å². The van der Waals surface area contributed by atoms with Gasteiger partial charge >= 0.3 is 6.09 Å². The van der Waals surface area contributed by atoms with Crippen molar-refractivity contribution >= 4 is 18.2 Å². The van der Waals surface area contributed by atoms with Crippen LogP contribution >= 0.6 is 0 Å². The second kappa shape index (κ2) is 6.65. The van der Waals surface area contributed by atoms with Gasteiger partial charge in [-0.3, -0.25) is 10.2 Å². The zero-order valence-corrected chi connectivity index (χ0v) is 11.8. The molecule has 108 valence electrons. The van der Waals surface area contributed by atoms with Crippen LogP contribution in [0.5, 0.6) is 0 Å². The molecular formula is C13H23N3O3. The summed E-state index contributed by atoms with van der Waals surface area (Å²) < 4.78 is 5.09. The fourth-order valence-electron chi connectivity index (χ4n) is 2.17. The number of nitrogens with one attached hydrogen (secondary N) is 1. The van der Waals surface area contributed by atoms with Crippen molar-refractivity contribution in [3.63, 3.8) is 0 Å². The number of rotatable bonds is 2. The number of nitrogens with zero attached hydrogens (tertiary/aromatic N) is 1. The third-order valence-electron chi connectivity index (χ3n) is 3.01. The highest BCUT2D eigenvalue weighted by molar-refractivity contribution is 5.82. The van der Waals surface area contributed by atoms with Gasteiger partial charge in [0.05, 0.1) is 0 Å². The summed E-state index contributed by atoms with van der Waals surface area (Å²) in [5.41, 5.74) is 1.64. The van der Waals surface area contributed by atoms with E-state index in [0.717, 1.165) is 19.3 Å². The van der Waals surface area contributed by atoms with Crippen LogP contribution < -0.4 is 11.3 Å². The number of ether oxygens (including phenoxy) is 1. The molecule has 19 heavy (non-hydrogen) atoms. The molecule has 0 aliphatic heterocycles. The van der Waals surface area contributed by atoms with Crippen LogP contribution in [0, 0.1) is 11.8 Å². The van der Waals surface area contributed by atoms with E-state index >= 15 is 0 Å². The molecule has 1 fully saturated rings. The number of hydrogen-bond acceptors (Lipinski definition) is 4. The highest BCUT2D eigenvalue weighted by Crippen LogP contribution is 2.28. The van der Waals surface area contributed by atoms with Crippen molar-refractivity contribution in [1.82, 2.24) is 5.43 Å². The molecular weight excluding hydrogens is 246 g/mol. The van der Waals surface area contributed by atoms with E-state index < -0.39 is 11.7 Å². The maximum Gasteiger partial charge on any atom is 0.433 e. The molecule has 0 aromatic heterocycles. The molecule has 0 spiro atoms. The van der Waals surface area contributed by atoms with Crippen molar-refractivity contribution in [3.05, 3.63) is 0 Å². The van der Waals surface area contributed by atoms with Crippen molar-refractivity contribution in [2.45, 2.75) is 52.1 Å². The van der Waals surface area contributed by atoms with E-state index in [4.69, 9.17) is 10.6 Å². The van der Waals surface area contributed by atoms with Crippen LogP contribution in [0.1, 0.15) is 46.5 Å². The lowest BCUT2D eigenvalue weighted by molar-refractivity contribution is -0.126. The summed E-state index contributed by atoms with van der Waals surface area (Å²) in [5, 5.41) is 0. The first-order chi connectivity index (χ1) is 8.81. The van der Waals surface area contributed by atoms with E-state index in [2.05, 4.69) is 10.4 Å². The molecule has 0 heterocycles. The minimum atomic E-state index is -0.585. The van der Waals surface area contributed by atoms with Crippen LogP contribution in [-0.4, -0.2) is 23.8 Å². The van der Waals surface area contributed by atoms with Crippen molar-refractivity contribution in [3.8, 4) is 0 Å². The van der Waals surface area contributed by atoms with Gasteiger partial charge in [0.25, 0.3) is 0 Å². The number of nitrogens with two attached hydrogens (primary N) is 1. The molecule has 1 unspecified atom stereocenters. The van der Waals surface area contributed by atoms with Crippen molar-refractivity contribution < 1.29 is 14.3 Å². The Bertz CT molecular complexity index is 361. The molecule has 0 aromatic carbocycles. The summed E-state index contributed by atoms with van der Waals surface area (Å²) in [6, 6.07) is 0. The second-order valence-corrected chi connectivity index (χ2v) is 5.89. The summed E-state index contributed by atoms with van der Waals surface area (Å²) in [6.07, 6.45) is 4.39. The Hall–Kier alpha value is -1.43. The topological polar surface area (TPSA) is 93.8 Å². The molecule has 1 rings (SSSR count). The first-order valence-electron chi connectivity index (χ1n) is 6.59. The fraction of sp³-hybridized carbons (Fsp3) is 0.769. The Morgan fingerprint density at radius 2 is 2.05 bits per heavy atom. The molecule has 3 N–H and O–H groups in total. The van der Waals surface area contributed by atoms with E-state index in [0.29, 0.717) is 6.42 Å². The van der Waals surface area contributed by atoms with Crippen LogP contribution in [0.3, 0.4) is 0 Å². The Balaban J connectivity index is 2.48. The van der Waals surface area contributed by atoms with Gasteiger partial charge in [0.1, 0.15) is 5.60 Å². The predicted molar refractivity (Wildman–Crippen MR) is 72.5 cm³/mol. The molecule has 0 saturated heterocycles. The standard InChI is InChI=1S/C13H23N3O3/c1-13(2,3)19-12(18)15-8-9-5-4-6-10(7-9)11(17)16-14/h8-10H,4-7,14H2,1-3H3,(H,16,17)/b15-8+/t9?,10-/m0/s1. The van der Waals surface area contributed by atoms with Gasteiger partial charge in [-0.25, -0.2) is 10.6 Å². The lowest BCUT2D eigenvalue weighted by atomic mass is 9.81. The predicted octanol–water partition coefficient (Wildman–Crippen LogP) is 1.79. The van der Waals surface area contributed by atoms with Crippen molar-refractivity contribution in [2.24, 2.45) is 22.7 Å². The molecule has 1 saturated carbocycles. The minimum Gasteiger partial charge on any atom is -0.442 e. The van der Waals surface area contributed by atoms with Gasteiger partial charge in [-0.1, -0.05) is 6.42 Å². The summed E-state index contributed by atoms with van der Waals surface area (Å²) in [6.45, 7) is 5.38. The number of hydrogen-bond donors (Lipinski definition) is 2. The fourth-order valence-corrected chi connectivity index (χ4v) is 2.17. The monoisotopic (exact) mass is 269 g/mol. The van der Waals surface area contributed by atoms with Gasteiger partial charge in [-0.15, -0.1) is 0 Å². The molecule has 0 radical (unpaired) electrons. The summed E-state index contributed by atoms with van der Waals surface area (Å²) in [4.78, 5) is 26.7. The molecule has 0 bridgehead atoms. The van der Waals surface area contributed by atoms with Crippen LogP contribution in [0.2, 0.25) is 0 Å². The maximum absolute atomic E-state index is 11.5. The normalized spacial score (nSPS) is 24.2. The van der Waals surface area contributed by atoms with Crippen LogP contribution in [0.4, 0.5) is 4.79 Å². The SMILES string of the molecule is CC(C)(C)OC(=O)/N=C/C1CCC[C@H](C(=O)NN)C1. The average Bonchev–Trinajstić information content (AvgIpc) is 2.34. The number of aliphatic imine (C=N–C) groups is 1. The van der Waals surface area contributed by atoms with Crippen molar-refractivity contribution in [2.75, 3.05) is 0 Å². The Labute approximate surface area is 113 Å². The lowest BCUT2D eigenvalue weighted by Gasteiger charge is -2.25. The van der Waals surface area contributed by atoms with Gasteiger partial charge in [-0.05, 0) is 46.0 Å². The quantitative estimate of drug-likeness (QED) is 0.346. The average molecular weight is 269 g/mol. The Kier molecular flexibility index (Phi) is 5.47. The van der Waals surface area contributed by atoms with Crippen LogP contribution in [-0.2, 0) is 9.53 Å². The molecule has 1 aliphatic carbocycles. The van der Waals surface area contributed by atoms with E-state index in [9.17, 15) is 9.59 Å². The van der Waals surface area contributed by atoms with E-state index in [1.54, 1.807) is 27.0 Å². The third kappa shape index (κ3) is 5.83. The van der Waals surface area contributed by atoms with E-state index in [1.165, 1.54) is 0 Å². The highest BCUT2D eigenvalue weighted by atomic mass is 16.6. The number of carbonyl (C=O) groups is 2. The molecule has 2 amide bonds. The smallest absolute Gasteiger partial charge is 0.433 e. The van der Waals surface area contributed by atoms with Gasteiger partial charge in [0, 0.05) is 12.1 Å². The van der Waals surface area contributed by atoms with Crippen molar-refractivity contribution in [1.29, 1.82) is 0 Å². The number of carbonyl (C=O) groups excluding carboxylic acids is 2. The van der Waals surface area contributed by atoms with Gasteiger partial charge in [0.15, 0.2) is 0 Å².